The minimum atomic E-state index is -0.172. The zero-order valence-corrected chi connectivity index (χ0v) is 17.0. The number of ether oxygens (including phenoxy) is 1. The Bertz CT molecular complexity index is 608. The van der Waals surface area contributed by atoms with E-state index in [1.807, 2.05) is 29.2 Å². The number of urea groups is 1. The van der Waals surface area contributed by atoms with Crippen LogP contribution in [0.15, 0.2) is 24.3 Å². The molecule has 6 nitrogen and oxygen atoms in total. The fraction of sp³-hybridized carbons (Fsp3) is 0.619. The van der Waals surface area contributed by atoms with Gasteiger partial charge in [-0.2, -0.15) is 0 Å². The zero-order chi connectivity index (χ0) is 19.8. The highest BCUT2D eigenvalue weighted by molar-refractivity contribution is 5.89. The summed E-state index contributed by atoms with van der Waals surface area (Å²) in [7, 11) is 1.61. The smallest absolute Gasteiger partial charge is 0.321 e. The van der Waals surface area contributed by atoms with Crippen molar-refractivity contribution in [2.75, 3.05) is 38.6 Å². The molecule has 1 aliphatic rings. The summed E-state index contributed by atoms with van der Waals surface area (Å²) < 4.78 is 5.14. The molecular formula is C21H33N3O3. The van der Waals surface area contributed by atoms with Crippen molar-refractivity contribution < 1.29 is 14.3 Å². The number of hydrogen-bond donors (Lipinski definition) is 1. The predicted octanol–water partition coefficient (Wildman–Crippen LogP) is 3.83. The summed E-state index contributed by atoms with van der Waals surface area (Å²) in [5.74, 6) is 1.92. The van der Waals surface area contributed by atoms with Crippen LogP contribution in [0.25, 0.3) is 0 Å². The summed E-state index contributed by atoms with van der Waals surface area (Å²) in [5.41, 5.74) is 0.714. The summed E-state index contributed by atoms with van der Waals surface area (Å²) in [5, 5.41) is 2.91. The lowest BCUT2D eigenvalue weighted by Crippen LogP contribution is -2.42. The number of piperidine rings is 1. The number of amides is 3. The fourth-order valence-corrected chi connectivity index (χ4v) is 3.24. The first kappa shape index (κ1) is 21.1. The molecule has 3 amide bonds. The molecule has 0 unspecified atom stereocenters. The molecule has 150 valence electrons. The van der Waals surface area contributed by atoms with E-state index in [9.17, 15) is 9.59 Å². The maximum absolute atomic E-state index is 12.7. The van der Waals surface area contributed by atoms with Crippen molar-refractivity contribution in [2.24, 2.45) is 11.8 Å². The number of benzene rings is 1. The number of nitrogens with zero attached hydrogens (tertiary/aromatic N) is 2. The van der Waals surface area contributed by atoms with Gasteiger partial charge in [0.2, 0.25) is 5.91 Å². The Morgan fingerprint density at radius 1 is 1.22 bits per heavy atom. The molecule has 2 rings (SSSR count). The summed E-state index contributed by atoms with van der Waals surface area (Å²) in [6.45, 7) is 9.10. The van der Waals surface area contributed by atoms with Crippen molar-refractivity contribution in [3.8, 4) is 5.75 Å². The molecule has 1 saturated heterocycles. The Morgan fingerprint density at radius 3 is 2.41 bits per heavy atom. The van der Waals surface area contributed by atoms with Crippen molar-refractivity contribution in [3.63, 3.8) is 0 Å². The summed E-state index contributed by atoms with van der Waals surface area (Å²) in [6.07, 6.45) is 2.51. The molecule has 0 spiro atoms. The molecule has 0 atom stereocenters. The van der Waals surface area contributed by atoms with E-state index in [-0.39, 0.29) is 11.9 Å². The first-order chi connectivity index (χ1) is 12.9. The third-order valence-corrected chi connectivity index (χ3v) is 4.95. The first-order valence-corrected chi connectivity index (χ1v) is 9.86. The molecule has 1 aromatic rings. The molecule has 1 heterocycles. The quantitative estimate of drug-likeness (QED) is 0.788. The molecule has 27 heavy (non-hydrogen) atoms. The van der Waals surface area contributed by atoms with Crippen LogP contribution in [0.1, 0.15) is 40.0 Å². The number of carbonyl (C=O) groups excluding carboxylic acids is 2. The normalized spacial score (nSPS) is 14.9. The topological polar surface area (TPSA) is 61.9 Å². The van der Waals surface area contributed by atoms with Crippen LogP contribution in [-0.2, 0) is 4.79 Å². The Labute approximate surface area is 162 Å². The Balaban J connectivity index is 1.90. The standard InChI is InChI=1S/C21H33N3O3/c1-16(2)15-24(14-11-20(25)23-12-9-17(3)10-13-23)21(26)22-18-5-7-19(27-4)8-6-18/h5-8,16-17H,9-15H2,1-4H3,(H,22,26). The van der Waals surface area contributed by atoms with Gasteiger partial charge in [0, 0.05) is 38.3 Å². The second-order valence-corrected chi connectivity index (χ2v) is 7.81. The van der Waals surface area contributed by atoms with Crippen LogP contribution >= 0.6 is 0 Å². The van der Waals surface area contributed by atoms with E-state index >= 15 is 0 Å². The van der Waals surface area contributed by atoms with Gasteiger partial charge in [0.05, 0.1) is 7.11 Å². The van der Waals surface area contributed by atoms with E-state index in [0.717, 1.165) is 31.7 Å². The number of likely N-dealkylation sites (tertiary alicyclic amines) is 1. The molecule has 0 aliphatic carbocycles. The van der Waals surface area contributed by atoms with Crippen LogP contribution in [0.3, 0.4) is 0 Å². The predicted molar refractivity (Wildman–Crippen MR) is 108 cm³/mol. The van der Waals surface area contributed by atoms with Crippen molar-refractivity contribution in [2.45, 2.75) is 40.0 Å². The van der Waals surface area contributed by atoms with E-state index in [4.69, 9.17) is 4.74 Å². The van der Waals surface area contributed by atoms with Crippen molar-refractivity contribution in [1.82, 2.24) is 9.80 Å². The number of carbonyl (C=O) groups is 2. The van der Waals surface area contributed by atoms with Crippen LogP contribution in [0.5, 0.6) is 5.75 Å². The van der Waals surface area contributed by atoms with E-state index < -0.39 is 0 Å². The van der Waals surface area contributed by atoms with Gasteiger partial charge in [-0.3, -0.25) is 4.79 Å². The third kappa shape index (κ3) is 6.77. The van der Waals surface area contributed by atoms with E-state index in [2.05, 4.69) is 26.1 Å². The van der Waals surface area contributed by atoms with Crippen LogP contribution in [0.4, 0.5) is 10.5 Å². The van der Waals surface area contributed by atoms with Gasteiger partial charge in [-0.25, -0.2) is 4.79 Å². The van der Waals surface area contributed by atoms with Gasteiger partial charge in [-0.1, -0.05) is 20.8 Å². The molecule has 0 radical (unpaired) electrons. The van der Waals surface area contributed by atoms with Gasteiger partial charge in [0.25, 0.3) is 0 Å². The second-order valence-electron chi connectivity index (χ2n) is 7.81. The molecule has 0 aromatic heterocycles. The molecule has 1 aromatic carbocycles. The average molecular weight is 376 g/mol. The second kappa shape index (κ2) is 10.2. The molecule has 6 heteroatoms. The summed E-state index contributed by atoms with van der Waals surface area (Å²) in [4.78, 5) is 28.9. The van der Waals surface area contributed by atoms with Gasteiger partial charge in [-0.05, 0) is 48.9 Å². The van der Waals surface area contributed by atoms with Crippen LogP contribution < -0.4 is 10.1 Å². The summed E-state index contributed by atoms with van der Waals surface area (Å²) in [6, 6.07) is 7.07. The highest BCUT2D eigenvalue weighted by Gasteiger charge is 2.22. The van der Waals surface area contributed by atoms with Crippen molar-refractivity contribution in [1.29, 1.82) is 0 Å². The van der Waals surface area contributed by atoms with Gasteiger partial charge in [-0.15, -0.1) is 0 Å². The molecule has 0 bridgehead atoms. The van der Waals surface area contributed by atoms with Crippen LogP contribution in [0, 0.1) is 11.8 Å². The van der Waals surface area contributed by atoms with Gasteiger partial charge in [0.1, 0.15) is 5.75 Å². The minimum Gasteiger partial charge on any atom is -0.497 e. The van der Waals surface area contributed by atoms with Crippen LogP contribution in [-0.4, -0.2) is 55.0 Å². The highest BCUT2D eigenvalue weighted by Crippen LogP contribution is 2.18. The average Bonchev–Trinajstić information content (AvgIpc) is 2.65. The first-order valence-electron chi connectivity index (χ1n) is 9.86. The SMILES string of the molecule is COc1ccc(NC(=O)N(CCC(=O)N2CCC(C)CC2)CC(C)C)cc1. The monoisotopic (exact) mass is 375 g/mol. The number of rotatable bonds is 7. The fourth-order valence-electron chi connectivity index (χ4n) is 3.24. The highest BCUT2D eigenvalue weighted by atomic mass is 16.5. The Kier molecular flexibility index (Phi) is 7.95. The molecule has 0 saturated carbocycles. The number of hydrogen-bond acceptors (Lipinski definition) is 3. The molecule has 1 fully saturated rings. The number of methoxy groups -OCH3 is 1. The van der Waals surface area contributed by atoms with E-state index in [0.29, 0.717) is 37.0 Å². The number of nitrogens with one attached hydrogen (secondary N) is 1. The molecule has 1 aliphatic heterocycles. The number of anilines is 1. The summed E-state index contributed by atoms with van der Waals surface area (Å²) >= 11 is 0. The Morgan fingerprint density at radius 2 is 1.85 bits per heavy atom. The zero-order valence-electron chi connectivity index (χ0n) is 17.0. The van der Waals surface area contributed by atoms with E-state index in [1.54, 1.807) is 12.0 Å². The van der Waals surface area contributed by atoms with Gasteiger partial charge >= 0.3 is 6.03 Å². The van der Waals surface area contributed by atoms with Crippen molar-refractivity contribution in [3.05, 3.63) is 24.3 Å². The van der Waals surface area contributed by atoms with Crippen molar-refractivity contribution >= 4 is 17.6 Å². The lowest BCUT2D eigenvalue weighted by atomic mass is 9.99. The maximum Gasteiger partial charge on any atom is 0.321 e. The minimum absolute atomic E-state index is 0.146. The third-order valence-electron chi connectivity index (χ3n) is 4.95. The molecule has 1 N–H and O–H groups in total. The maximum atomic E-state index is 12.7. The largest absolute Gasteiger partial charge is 0.497 e. The lowest BCUT2D eigenvalue weighted by Gasteiger charge is -2.31. The van der Waals surface area contributed by atoms with Gasteiger partial charge in [0.15, 0.2) is 0 Å². The molecular weight excluding hydrogens is 342 g/mol. The van der Waals surface area contributed by atoms with Gasteiger partial charge < -0.3 is 19.9 Å². The van der Waals surface area contributed by atoms with E-state index in [1.165, 1.54) is 0 Å². The van der Waals surface area contributed by atoms with Crippen LogP contribution in [0.2, 0.25) is 0 Å². The Hall–Kier alpha value is -2.24. The lowest BCUT2D eigenvalue weighted by molar-refractivity contribution is -0.132.